The molecule has 0 saturated carbocycles. The molecule has 0 N–H and O–H groups in total. The normalized spacial score (nSPS) is 10.7. The Labute approximate surface area is 89.1 Å². The quantitative estimate of drug-likeness (QED) is 0.550. The van der Waals surface area contributed by atoms with Crippen LogP contribution in [0.3, 0.4) is 0 Å². The zero-order valence-electron chi connectivity index (χ0n) is 7.28. The number of aryl methyl sites for hydroxylation is 1. The van der Waals surface area contributed by atoms with Gasteiger partial charge in [-0.05, 0) is 17.9 Å². The lowest BCUT2D eigenvalue weighted by atomic mass is 10.2. The number of nitro groups is 1. The number of fused-ring (bicyclic) bond motifs is 1. The molecule has 1 aromatic heterocycles. The van der Waals surface area contributed by atoms with Gasteiger partial charge in [0.25, 0.3) is 5.69 Å². The fourth-order valence-corrected chi connectivity index (χ4v) is 2.60. The second-order valence-corrected chi connectivity index (χ2v) is 4.27. The molecule has 2 aromatic rings. The van der Waals surface area contributed by atoms with Crippen molar-refractivity contribution < 1.29 is 4.92 Å². The molecule has 0 unspecified atom stereocenters. The molecule has 1 heterocycles. The van der Waals surface area contributed by atoms with Gasteiger partial charge >= 0.3 is 0 Å². The Morgan fingerprint density at radius 3 is 2.86 bits per heavy atom. The number of hydrogen-bond acceptors (Lipinski definition) is 3. The zero-order chi connectivity index (χ0) is 10.3. The number of hydrogen-bond donors (Lipinski definition) is 0. The van der Waals surface area contributed by atoms with Gasteiger partial charge in [0, 0.05) is 17.5 Å². The van der Waals surface area contributed by atoms with Gasteiger partial charge in [0.05, 0.1) is 14.6 Å². The lowest BCUT2D eigenvalue weighted by molar-refractivity contribution is -0.384. The molecule has 0 atom stereocenters. The standard InChI is InChI=1S/C9H6ClNO2S/c1-5-4-14-9-7(5)2-6(11(12)13)3-8(9)10/h2-4H,1H3. The van der Waals surface area contributed by atoms with Crippen LogP contribution in [0.1, 0.15) is 5.56 Å². The Hall–Kier alpha value is -1.13. The highest BCUT2D eigenvalue weighted by Gasteiger charge is 2.12. The van der Waals surface area contributed by atoms with Crippen LogP contribution in [0.2, 0.25) is 5.02 Å². The summed E-state index contributed by atoms with van der Waals surface area (Å²) in [5, 5.41) is 13.8. The van der Waals surface area contributed by atoms with Crippen molar-refractivity contribution in [3.63, 3.8) is 0 Å². The van der Waals surface area contributed by atoms with E-state index in [9.17, 15) is 10.1 Å². The Morgan fingerprint density at radius 2 is 2.21 bits per heavy atom. The van der Waals surface area contributed by atoms with E-state index in [-0.39, 0.29) is 5.69 Å². The molecule has 0 spiro atoms. The maximum absolute atomic E-state index is 10.6. The van der Waals surface area contributed by atoms with E-state index < -0.39 is 4.92 Å². The van der Waals surface area contributed by atoms with E-state index in [1.165, 1.54) is 17.4 Å². The zero-order valence-corrected chi connectivity index (χ0v) is 8.85. The third kappa shape index (κ3) is 1.36. The van der Waals surface area contributed by atoms with Gasteiger partial charge in [0.15, 0.2) is 0 Å². The minimum atomic E-state index is -0.428. The molecule has 3 nitrogen and oxygen atoms in total. The number of benzene rings is 1. The van der Waals surface area contributed by atoms with Crippen LogP contribution in [0, 0.1) is 17.0 Å². The number of nitrogens with zero attached hydrogens (tertiary/aromatic N) is 1. The number of non-ortho nitro benzene ring substituents is 1. The molecular weight excluding hydrogens is 222 g/mol. The SMILES string of the molecule is Cc1csc2c(Cl)cc([N+](=O)[O-])cc12. The van der Waals surface area contributed by atoms with Crippen molar-refractivity contribution in [1.82, 2.24) is 0 Å². The lowest BCUT2D eigenvalue weighted by Crippen LogP contribution is -1.87. The topological polar surface area (TPSA) is 43.1 Å². The molecule has 5 heteroatoms. The van der Waals surface area contributed by atoms with Gasteiger partial charge < -0.3 is 0 Å². The van der Waals surface area contributed by atoms with Crippen molar-refractivity contribution in [2.24, 2.45) is 0 Å². The minimum Gasteiger partial charge on any atom is -0.258 e. The van der Waals surface area contributed by atoms with Crippen molar-refractivity contribution in [3.8, 4) is 0 Å². The summed E-state index contributed by atoms with van der Waals surface area (Å²) in [4.78, 5) is 10.2. The average Bonchev–Trinajstić information content (AvgIpc) is 2.48. The summed E-state index contributed by atoms with van der Waals surface area (Å²) in [6.45, 7) is 1.92. The highest BCUT2D eigenvalue weighted by atomic mass is 35.5. The second kappa shape index (κ2) is 3.22. The second-order valence-electron chi connectivity index (χ2n) is 2.98. The molecule has 1 aromatic carbocycles. The summed E-state index contributed by atoms with van der Waals surface area (Å²) in [5.41, 5.74) is 1.07. The molecular formula is C9H6ClNO2S. The smallest absolute Gasteiger partial charge is 0.258 e. The Balaban J connectivity index is 2.82. The van der Waals surface area contributed by atoms with Crippen LogP contribution in [0.25, 0.3) is 10.1 Å². The number of nitro benzene ring substituents is 1. The van der Waals surface area contributed by atoms with E-state index in [4.69, 9.17) is 11.6 Å². The summed E-state index contributed by atoms with van der Waals surface area (Å²) in [6, 6.07) is 2.95. The Morgan fingerprint density at radius 1 is 1.50 bits per heavy atom. The van der Waals surface area contributed by atoms with Gasteiger partial charge in [-0.15, -0.1) is 11.3 Å². The average molecular weight is 228 g/mol. The largest absolute Gasteiger partial charge is 0.271 e. The van der Waals surface area contributed by atoms with E-state index in [0.717, 1.165) is 15.6 Å². The third-order valence-corrected chi connectivity index (χ3v) is 3.57. The maximum Gasteiger partial charge on any atom is 0.271 e. The molecule has 14 heavy (non-hydrogen) atoms. The number of halogens is 1. The van der Waals surface area contributed by atoms with E-state index in [2.05, 4.69) is 0 Å². The monoisotopic (exact) mass is 227 g/mol. The Bertz CT molecular complexity index is 521. The maximum atomic E-state index is 10.6. The summed E-state index contributed by atoms with van der Waals surface area (Å²) in [5.74, 6) is 0. The molecule has 0 saturated heterocycles. The molecule has 0 aliphatic heterocycles. The highest BCUT2D eigenvalue weighted by molar-refractivity contribution is 7.18. The van der Waals surface area contributed by atoms with Gasteiger partial charge in [-0.2, -0.15) is 0 Å². The molecule has 0 bridgehead atoms. The predicted octanol–water partition coefficient (Wildman–Crippen LogP) is 3.77. The van der Waals surface area contributed by atoms with Crippen LogP contribution < -0.4 is 0 Å². The van der Waals surface area contributed by atoms with E-state index in [1.54, 1.807) is 6.07 Å². The molecule has 0 aliphatic rings. The highest BCUT2D eigenvalue weighted by Crippen LogP contribution is 2.35. The molecule has 2 rings (SSSR count). The fraction of sp³-hybridized carbons (Fsp3) is 0.111. The van der Waals surface area contributed by atoms with Crippen molar-refractivity contribution in [2.45, 2.75) is 6.92 Å². The van der Waals surface area contributed by atoms with Gasteiger partial charge in [-0.3, -0.25) is 10.1 Å². The van der Waals surface area contributed by atoms with Crippen LogP contribution in [-0.4, -0.2) is 4.92 Å². The molecule has 0 radical (unpaired) electrons. The fourth-order valence-electron chi connectivity index (χ4n) is 1.31. The molecule has 0 fully saturated rings. The number of thiophene rings is 1. The first-order chi connectivity index (χ1) is 6.59. The van der Waals surface area contributed by atoms with Crippen LogP contribution in [0.4, 0.5) is 5.69 Å². The first-order valence-electron chi connectivity index (χ1n) is 3.91. The van der Waals surface area contributed by atoms with Crippen LogP contribution in [0.5, 0.6) is 0 Å². The van der Waals surface area contributed by atoms with Gasteiger partial charge in [0.1, 0.15) is 0 Å². The summed E-state index contributed by atoms with van der Waals surface area (Å²) in [6.07, 6.45) is 0. The Kier molecular flexibility index (Phi) is 2.17. The summed E-state index contributed by atoms with van der Waals surface area (Å²) in [7, 11) is 0. The molecule has 72 valence electrons. The first kappa shape index (κ1) is 9.43. The van der Waals surface area contributed by atoms with Crippen LogP contribution in [0.15, 0.2) is 17.5 Å². The lowest BCUT2D eigenvalue weighted by Gasteiger charge is -1.96. The van der Waals surface area contributed by atoms with E-state index >= 15 is 0 Å². The minimum absolute atomic E-state index is 0.0454. The van der Waals surface area contributed by atoms with Crippen LogP contribution >= 0.6 is 22.9 Å². The van der Waals surface area contributed by atoms with Crippen molar-refractivity contribution in [2.75, 3.05) is 0 Å². The predicted molar refractivity (Wildman–Crippen MR) is 58.2 cm³/mol. The van der Waals surface area contributed by atoms with Crippen molar-refractivity contribution in [1.29, 1.82) is 0 Å². The van der Waals surface area contributed by atoms with Crippen molar-refractivity contribution in [3.05, 3.63) is 38.2 Å². The van der Waals surface area contributed by atoms with Gasteiger partial charge in [-0.25, -0.2) is 0 Å². The van der Waals surface area contributed by atoms with E-state index in [1.807, 2.05) is 12.3 Å². The molecule has 0 amide bonds. The molecule has 0 aliphatic carbocycles. The third-order valence-electron chi connectivity index (χ3n) is 2.02. The summed E-state index contributed by atoms with van der Waals surface area (Å²) >= 11 is 7.43. The van der Waals surface area contributed by atoms with Crippen molar-refractivity contribution >= 4 is 38.7 Å². The number of rotatable bonds is 1. The van der Waals surface area contributed by atoms with Crippen LogP contribution in [-0.2, 0) is 0 Å². The first-order valence-corrected chi connectivity index (χ1v) is 5.17. The summed E-state index contributed by atoms with van der Waals surface area (Å²) < 4.78 is 0.912. The van der Waals surface area contributed by atoms with E-state index in [0.29, 0.717) is 5.02 Å². The van der Waals surface area contributed by atoms with Gasteiger partial charge in [0.2, 0.25) is 0 Å². The van der Waals surface area contributed by atoms with Gasteiger partial charge in [-0.1, -0.05) is 11.6 Å².